The first-order chi connectivity index (χ1) is 25.8. The van der Waals surface area contributed by atoms with Crippen LogP contribution in [-0.4, -0.2) is 99.8 Å². The topological polar surface area (TPSA) is 259 Å². The summed E-state index contributed by atoms with van der Waals surface area (Å²) in [6, 6.07) is 17.2. The van der Waals surface area contributed by atoms with Gasteiger partial charge in [0.2, 0.25) is 33.9 Å². The van der Waals surface area contributed by atoms with Crippen LogP contribution in [0, 0.1) is 6.92 Å². The molecule has 6 N–H and O–H groups in total. The molecule has 0 spiro atoms. The third kappa shape index (κ3) is 15.8. The fraction of sp³-hybridized carbons (Fsp3) is 0.300. The fourth-order valence-corrected chi connectivity index (χ4v) is 11.2. The molecule has 0 aliphatic carbocycles. The Morgan fingerprint density at radius 2 is 0.895 bits per heavy atom. The lowest BCUT2D eigenvalue weighted by Crippen LogP contribution is -2.57. The van der Waals surface area contributed by atoms with Crippen molar-refractivity contribution in [2.75, 3.05) is 26.4 Å². The standard InChI is InChI=1S/C12H14Br3NO6S.C10H8Br3NO5S.C8H7Br3O2S/c13-12(14,15)23(21,22)9-3-1-2-8(4-9)10(20)16-11(5-17,6-18)7-19;11-10(12,13)20(18,19)7-3-1-2-6(4-7)9(17)14-5-8(15)16;1-6-3-2-4-7(5-6)14(12,13)8(9,10)11/h1-4,17-19H,5-7H2,(H,16,20);1-4H,5H2,(H,14,17)(H,15,16);2-5H,1H3. The minimum Gasteiger partial charge on any atom is -0.480 e. The number of hydrogen-bond donors (Lipinski definition) is 6. The average Bonchev–Trinajstić information content (AvgIpc) is 3.12. The predicted molar refractivity (Wildman–Crippen MR) is 246 cm³/mol. The van der Waals surface area contributed by atoms with Crippen molar-refractivity contribution >= 4 is 191 Å². The Labute approximate surface area is 403 Å². The van der Waals surface area contributed by atoms with Crippen molar-refractivity contribution in [2.24, 2.45) is 0 Å². The van der Waals surface area contributed by atoms with Gasteiger partial charge in [0.15, 0.2) is 0 Å². The van der Waals surface area contributed by atoms with Crippen molar-refractivity contribution in [1.82, 2.24) is 10.6 Å². The van der Waals surface area contributed by atoms with Gasteiger partial charge >= 0.3 is 5.97 Å². The van der Waals surface area contributed by atoms with Gasteiger partial charge in [-0.05, 0) is 204 Å². The van der Waals surface area contributed by atoms with Gasteiger partial charge in [0.1, 0.15) is 12.1 Å². The lowest BCUT2D eigenvalue weighted by atomic mass is 10.0. The minimum absolute atomic E-state index is 0.0115. The van der Waals surface area contributed by atoms with Crippen LogP contribution in [0.3, 0.4) is 0 Å². The summed E-state index contributed by atoms with van der Waals surface area (Å²) in [5, 5.41) is 40.6. The first-order valence-corrected chi connectivity index (χ1v) is 26.3. The molecule has 0 heterocycles. The molecule has 318 valence electrons. The van der Waals surface area contributed by atoms with Gasteiger partial charge in [0.05, 0.1) is 34.5 Å². The molecule has 0 bridgehead atoms. The summed E-state index contributed by atoms with van der Waals surface area (Å²) in [6.45, 7) is -0.752. The molecule has 0 aromatic heterocycles. The highest BCUT2D eigenvalue weighted by Crippen LogP contribution is 2.45. The van der Waals surface area contributed by atoms with Gasteiger partial charge in [-0.15, -0.1) is 0 Å². The Kier molecular flexibility index (Phi) is 21.7. The van der Waals surface area contributed by atoms with E-state index in [0.717, 1.165) is 17.7 Å². The zero-order valence-corrected chi connectivity index (χ0v) is 45.1. The second-order valence-electron chi connectivity index (χ2n) is 11.0. The van der Waals surface area contributed by atoms with Crippen LogP contribution in [0.5, 0.6) is 0 Å². The molecule has 0 radical (unpaired) electrons. The first kappa shape index (κ1) is 55.1. The van der Waals surface area contributed by atoms with Crippen molar-refractivity contribution in [3.8, 4) is 0 Å². The Balaban J connectivity index is 0.000000440. The van der Waals surface area contributed by atoms with Crippen molar-refractivity contribution in [2.45, 2.75) is 31.6 Å². The van der Waals surface area contributed by atoms with E-state index in [4.69, 9.17) is 5.11 Å². The maximum Gasteiger partial charge on any atom is 0.322 e. The number of rotatable bonds is 11. The van der Waals surface area contributed by atoms with E-state index in [1.807, 2.05) is 13.0 Å². The second-order valence-corrected chi connectivity index (χ2v) is 42.3. The number of aliphatic hydroxyl groups excluding tert-OH is 3. The zero-order chi connectivity index (χ0) is 44.4. The number of benzene rings is 3. The zero-order valence-electron chi connectivity index (χ0n) is 28.3. The van der Waals surface area contributed by atoms with Crippen LogP contribution in [0.2, 0.25) is 0 Å². The molecular weight excluding hydrogens is 1410 g/mol. The summed E-state index contributed by atoms with van der Waals surface area (Å²) in [6.07, 6.45) is 0. The number of nitrogens with one attached hydrogen (secondary N) is 2. The summed E-state index contributed by atoms with van der Waals surface area (Å²) in [4.78, 5) is 34.2. The van der Waals surface area contributed by atoms with E-state index >= 15 is 0 Å². The maximum absolute atomic E-state index is 12.3. The molecule has 57 heavy (non-hydrogen) atoms. The lowest BCUT2D eigenvalue weighted by Gasteiger charge is -2.28. The van der Waals surface area contributed by atoms with Crippen molar-refractivity contribution in [1.29, 1.82) is 0 Å². The van der Waals surface area contributed by atoms with Gasteiger partial charge in [0.25, 0.3) is 11.8 Å². The highest BCUT2D eigenvalue weighted by Gasteiger charge is 2.39. The number of aliphatic hydroxyl groups is 3. The van der Waals surface area contributed by atoms with Crippen LogP contribution < -0.4 is 10.6 Å². The number of halogens is 9. The van der Waals surface area contributed by atoms with E-state index < -0.39 is 83.6 Å². The van der Waals surface area contributed by atoms with Gasteiger partial charge in [0, 0.05) is 11.1 Å². The SMILES string of the molecule is Cc1cccc(S(=O)(=O)C(Br)(Br)Br)c1.O=C(NC(CO)(CO)CO)c1cccc(S(=O)(=O)C(Br)(Br)Br)c1.O=C(O)CNC(=O)c1cccc(S(=O)(=O)C(Br)(Br)Br)c1. The van der Waals surface area contributed by atoms with Crippen molar-refractivity contribution < 1.29 is 60.1 Å². The predicted octanol–water partition coefficient (Wildman–Crippen LogP) is 6.34. The molecule has 3 aromatic carbocycles. The third-order valence-corrected chi connectivity index (χ3v) is 22.7. The van der Waals surface area contributed by atoms with Crippen LogP contribution in [0.15, 0.2) is 87.5 Å². The molecule has 0 fully saturated rings. The monoisotopic (exact) mass is 1430 g/mol. The third-order valence-electron chi connectivity index (χ3n) is 6.71. The maximum atomic E-state index is 12.3. The Morgan fingerprint density at radius 1 is 0.561 bits per heavy atom. The molecule has 0 atom stereocenters. The van der Waals surface area contributed by atoms with Gasteiger partial charge in [-0.2, -0.15) is 0 Å². The number of carboxylic acid groups (broad SMARTS) is 1. The molecule has 0 aliphatic rings. The largest absolute Gasteiger partial charge is 0.480 e. The average molecular weight is 1440 g/mol. The van der Waals surface area contributed by atoms with E-state index in [0.29, 0.717) is 0 Å². The van der Waals surface area contributed by atoms with Crippen LogP contribution in [0.1, 0.15) is 26.3 Å². The van der Waals surface area contributed by atoms with Crippen molar-refractivity contribution in [3.05, 3.63) is 89.5 Å². The Morgan fingerprint density at radius 3 is 1.21 bits per heavy atom. The van der Waals surface area contributed by atoms with Crippen LogP contribution in [0.4, 0.5) is 0 Å². The van der Waals surface area contributed by atoms with Crippen LogP contribution in [-0.2, 0) is 34.3 Å². The summed E-state index contributed by atoms with van der Waals surface area (Å²) in [5.41, 5.74) is -0.662. The van der Waals surface area contributed by atoms with Gasteiger partial charge in [-0.25, -0.2) is 25.3 Å². The minimum atomic E-state index is -3.87. The van der Waals surface area contributed by atoms with E-state index in [-0.39, 0.29) is 25.8 Å². The molecule has 0 unspecified atom stereocenters. The summed E-state index contributed by atoms with van der Waals surface area (Å²) in [7, 11) is -11.1. The second kappa shape index (κ2) is 22.5. The molecule has 0 saturated heterocycles. The van der Waals surface area contributed by atoms with Crippen LogP contribution in [0.25, 0.3) is 0 Å². The number of carbonyl (C=O) groups excluding carboxylic acids is 2. The molecular formula is C30H29Br9N2O13S3. The number of aliphatic carboxylic acids is 1. The van der Waals surface area contributed by atoms with E-state index in [1.165, 1.54) is 36.4 Å². The van der Waals surface area contributed by atoms with Gasteiger partial charge in [-0.3, -0.25) is 14.4 Å². The fourth-order valence-electron chi connectivity index (χ4n) is 3.63. The Bertz CT molecular complexity index is 2230. The number of amides is 2. The summed E-state index contributed by atoms with van der Waals surface area (Å²) in [5.74, 6) is -2.61. The molecule has 0 aliphatic heterocycles. The van der Waals surface area contributed by atoms with E-state index in [9.17, 15) is 55.0 Å². The molecule has 3 rings (SSSR count). The smallest absolute Gasteiger partial charge is 0.322 e. The van der Waals surface area contributed by atoms with Crippen molar-refractivity contribution in [3.63, 3.8) is 0 Å². The van der Waals surface area contributed by atoms with Gasteiger partial charge in [-0.1, -0.05) is 24.3 Å². The highest BCUT2D eigenvalue weighted by atomic mass is 80.0. The summed E-state index contributed by atoms with van der Waals surface area (Å²) < 4.78 is 68.1. The molecule has 0 saturated carbocycles. The number of alkyl halides is 9. The molecule has 15 nitrogen and oxygen atoms in total. The van der Waals surface area contributed by atoms with E-state index in [2.05, 4.69) is 154 Å². The van der Waals surface area contributed by atoms with Gasteiger partial charge < -0.3 is 31.1 Å². The molecule has 27 heteroatoms. The lowest BCUT2D eigenvalue weighted by molar-refractivity contribution is -0.135. The number of carbonyl (C=O) groups is 3. The molecule has 2 amide bonds. The first-order valence-electron chi connectivity index (χ1n) is 14.7. The number of sulfone groups is 3. The Hall–Kier alpha value is 0.120. The number of aryl methyl sites for hydroxylation is 1. The normalized spacial score (nSPS) is 12.6. The van der Waals surface area contributed by atoms with E-state index in [1.54, 1.807) is 18.2 Å². The van der Waals surface area contributed by atoms with Crippen LogP contribution >= 0.6 is 143 Å². The quantitative estimate of drug-likeness (QED) is 0.115. The number of hydrogen-bond acceptors (Lipinski definition) is 12. The summed E-state index contributed by atoms with van der Waals surface area (Å²) >= 11 is 26.5. The molecule has 3 aromatic rings. The highest BCUT2D eigenvalue weighted by molar-refractivity contribution is 9.43. The number of carboxylic acids is 1.